The van der Waals surface area contributed by atoms with Gasteiger partial charge in [0.25, 0.3) is 0 Å². The van der Waals surface area contributed by atoms with Crippen LogP contribution < -0.4 is 14.6 Å². The molecule has 2 aromatic carbocycles. The van der Waals surface area contributed by atoms with Gasteiger partial charge < -0.3 is 14.6 Å². The number of nitrogens with two attached hydrogens (primary N) is 1. The Labute approximate surface area is 139 Å². The fraction of sp³-hybridized carbons (Fsp3) is 0.250. The van der Waals surface area contributed by atoms with E-state index < -0.39 is 22.4 Å². The molecule has 0 fully saturated rings. The van der Waals surface area contributed by atoms with Crippen LogP contribution in [0.15, 0.2) is 29.2 Å². The number of methoxy groups -OCH3 is 2. The molecule has 0 bridgehead atoms. The van der Waals surface area contributed by atoms with Crippen molar-refractivity contribution in [2.45, 2.75) is 18.4 Å². The highest BCUT2D eigenvalue weighted by molar-refractivity contribution is 7.89. The van der Waals surface area contributed by atoms with E-state index in [0.29, 0.717) is 22.3 Å². The summed E-state index contributed by atoms with van der Waals surface area (Å²) in [6.07, 6.45) is 0. The average Bonchev–Trinajstić information content (AvgIpc) is 2.52. The van der Waals surface area contributed by atoms with Gasteiger partial charge in [-0.2, -0.15) is 0 Å². The van der Waals surface area contributed by atoms with Crippen molar-refractivity contribution >= 4 is 10.0 Å². The molecule has 130 valence electrons. The zero-order valence-corrected chi connectivity index (χ0v) is 14.3. The Morgan fingerprint density at radius 2 is 1.75 bits per heavy atom. The number of aliphatic hydroxyl groups excluding tert-OH is 1. The molecule has 0 aliphatic heterocycles. The molecule has 0 aromatic heterocycles. The first-order chi connectivity index (χ1) is 11.2. The molecule has 2 aromatic rings. The van der Waals surface area contributed by atoms with Gasteiger partial charge in [-0.05, 0) is 41.8 Å². The van der Waals surface area contributed by atoms with Crippen LogP contribution in [0.4, 0.5) is 4.39 Å². The molecule has 8 heteroatoms. The lowest BCUT2D eigenvalue weighted by atomic mass is 9.94. The fourth-order valence-electron chi connectivity index (χ4n) is 2.61. The lowest BCUT2D eigenvalue weighted by molar-refractivity contribution is 0.281. The first kappa shape index (κ1) is 18.2. The van der Waals surface area contributed by atoms with E-state index >= 15 is 0 Å². The molecule has 0 heterocycles. The van der Waals surface area contributed by atoms with Gasteiger partial charge in [0.05, 0.1) is 20.8 Å². The van der Waals surface area contributed by atoms with Crippen LogP contribution in [0.3, 0.4) is 0 Å². The summed E-state index contributed by atoms with van der Waals surface area (Å²) in [6, 6.07) is 5.21. The second-order valence-electron chi connectivity index (χ2n) is 5.16. The number of ether oxygens (including phenoxy) is 2. The highest BCUT2D eigenvalue weighted by Crippen LogP contribution is 2.40. The number of halogens is 1. The Balaban J connectivity index is 2.86. The second-order valence-corrected chi connectivity index (χ2v) is 6.69. The van der Waals surface area contributed by atoms with Crippen LogP contribution in [-0.4, -0.2) is 27.7 Å². The molecule has 0 spiro atoms. The lowest BCUT2D eigenvalue weighted by Crippen LogP contribution is -2.14. The van der Waals surface area contributed by atoms with Crippen molar-refractivity contribution < 1.29 is 27.4 Å². The van der Waals surface area contributed by atoms with Crippen LogP contribution in [0.5, 0.6) is 11.5 Å². The third kappa shape index (κ3) is 3.35. The number of hydrogen-bond donors (Lipinski definition) is 2. The third-order valence-electron chi connectivity index (χ3n) is 3.61. The molecule has 2 rings (SSSR count). The van der Waals surface area contributed by atoms with Crippen LogP contribution in [-0.2, 0) is 16.6 Å². The van der Waals surface area contributed by atoms with Gasteiger partial charge in [0.1, 0.15) is 22.2 Å². The molecule has 0 unspecified atom stereocenters. The summed E-state index contributed by atoms with van der Waals surface area (Å²) in [6.45, 7) is 1.29. The van der Waals surface area contributed by atoms with E-state index in [1.54, 1.807) is 6.92 Å². The second kappa shape index (κ2) is 6.76. The number of rotatable bonds is 5. The maximum atomic E-state index is 13.6. The van der Waals surface area contributed by atoms with Crippen LogP contribution in [0.2, 0.25) is 0 Å². The van der Waals surface area contributed by atoms with Gasteiger partial charge >= 0.3 is 0 Å². The first-order valence-corrected chi connectivity index (χ1v) is 8.46. The average molecular weight is 355 g/mol. The van der Waals surface area contributed by atoms with E-state index in [0.717, 1.165) is 0 Å². The molecule has 0 atom stereocenters. The van der Waals surface area contributed by atoms with Crippen molar-refractivity contribution in [2.75, 3.05) is 14.2 Å². The minimum absolute atomic E-state index is 0.0286. The SMILES string of the molecule is COc1cc(S(N)(=O)=O)c(OC)cc1-c1c(C)cc(F)cc1CO. The van der Waals surface area contributed by atoms with Crippen molar-refractivity contribution in [3.05, 3.63) is 41.2 Å². The highest BCUT2D eigenvalue weighted by atomic mass is 32.2. The number of hydrogen-bond acceptors (Lipinski definition) is 5. The zero-order valence-electron chi connectivity index (χ0n) is 13.5. The summed E-state index contributed by atoms with van der Waals surface area (Å²) in [5.41, 5.74) is 1.90. The number of aliphatic hydroxyl groups is 1. The van der Waals surface area contributed by atoms with E-state index in [2.05, 4.69) is 0 Å². The van der Waals surface area contributed by atoms with Crippen molar-refractivity contribution in [3.63, 3.8) is 0 Å². The third-order valence-corrected chi connectivity index (χ3v) is 4.55. The van der Waals surface area contributed by atoms with E-state index in [-0.39, 0.29) is 16.4 Å². The monoisotopic (exact) mass is 355 g/mol. The molecule has 24 heavy (non-hydrogen) atoms. The Hall–Kier alpha value is -2.16. The minimum Gasteiger partial charge on any atom is -0.496 e. The molecule has 0 saturated carbocycles. The van der Waals surface area contributed by atoms with Crippen LogP contribution in [0.25, 0.3) is 11.1 Å². The highest BCUT2D eigenvalue weighted by Gasteiger charge is 2.22. The summed E-state index contributed by atoms with van der Waals surface area (Å²) in [5, 5.41) is 14.7. The van der Waals surface area contributed by atoms with Crippen LogP contribution in [0, 0.1) is 12.7 Å². The zero-order chi connectivity index (χ0) is 18.1. The van der Waals surface area contributed by atoms with E-state index in [1.165, 1.54) is 38.5 Å². The van der Waals surface area contributed by atoms with Crippen molar-refractivity contribution in [3.8, 4) is 22.6 Å². The topological polar surface area (TPSA) is 98.9 Å². The molecule has 0 amide bonds. The van der Waals surface area contributed by atoms with Gasteiger partial charge in [-0.25, -0.2) is 17.9 Å². The maximum absolute atomic E-state index is 13.6. The van der Waals surface area contributed by atoms with Gasteiger partial charge in [-0.3, -0.25) is 0 Å². The Kier molecular flexibility index (Phi) is 5.12. The van der Waals surface area contributed by atoms with E-state index in [1.807, 2.05) is 0 Å². The Bertz CT molecular complexity index is 881. The minimum atomic E-state index is -4.02. The standard InChI is InChI=1S/C16H18FNO5S/c1-9-4-11(17)5-10(8-19)16(9)12-6-14(23-3)15(24(18,20)21)7-13(12)22-2/h4-7,19H,8H2,1-3H3,(H2,18,20,21). The normalized spacial score (nSPS) is 11.4. The summed E-state index contributed by atoms with van der Waals surface area (Å²) in [4.78, 5) is -0.226. The molecular formula is C16H18FNO5S. The van der Waals surface area contributed by atoms with Crippen molar-refractivity contribution in [2.24, 2.45) is 5.14 Å². The van der Waals surface area contributed by atoms with Crippen molar-refractivity contribution in [1.82, 2.24) is 0 Å². The van der Waals surface area contributed by atoms with Gasteiger partial charge in [0, 0.05) is 11.6 Å². The number of aryl methyl sites for hydroxylation is 1. The Morgan fingerprint density at radius 1 is 1.12 bits per heavy atom. The lowest BCUT2D eigenvalue weighted by Gasteiger charge is -2.18. The van der Waals surface area contributed by atoms with Gasteiger partial charge in [-0.1, -0.05) is 0 Å². The predicted molar refractivity (Wildman–Crippen MR) is 87.0 cm³/mol. The maximum Gasteiger partial charge on any atom is 0.241 e. The number of primary sulfonamides is 1. The van der Waals surface area contributed by atoms with Gasteiger partial charge in [0.15, 0.2) is 0 Å². The molecule has 0 radical (unpaired) electrons. The summed E-state index contributed by atoms with van der Waals surface area (Å²) >= 11 is 0. The van der Waals surface area contributed by atoms with Crippen LogP contribution >= 0.6 is 0 Å². The Morgan fingerprint density at radius 3 is 2.25 bits per heavy atom. The molecule has 6 nitrogen and oxygen atoms in total. The van der Waals surface area contributed by atoms with Gasteiger partial charge in [-0.15, -0.1) is 0 Å². The summed E-state index contributed by atoms with van der Waals surface area (Å²) < 4.78 is 47.4. The first-order valence-electron chi connectivity index (χ1n) is 6.92. The molecule has 0 aliphatic carbocycles. The quantitative estimate of drug-likeness (QED) is 0.854. The predicted octanol–water partition coefficient (Wildman–Crippen LogP) is 1.96. The van der Waals surface area contributed by atoms with E-state index in [4.69, 9.17) is 14.6 Å². The van der Waals surface area contributed by atoms with Crippen LogP contribution in [0.1, 0.15) is 11.1 Å². The summed E-state index contributed by atoms with van der Waals surface area (Å²) in [7, 11) is -1.34. The van der Waals surface area contributed by atoms with Gasteiger partial charge in [0.2, 0.25) is 10.0 Å². The molecule has 3 N–H and O–H groups in total. The molecule has 0 saturated heterocycles. The summed E-state index contributed by atoms with van der Waals surface area (Å²) in [5.74, 6) is -0.238. The van der Waals surface area contributed by atoms with Crippen molar-refractivity contribution in [1.29, 1.82) is 0 Å². The smallest absolute Gasteiger partial charge is 0.241 e. The molecular weight excluding hydrogens is 337 g/mol. The fourth-order valence-corrected chi connectivity index (χ4v) is 3.30. The molecule has 0 aliphatic rings. The number of sulfonamides is 1. The number of benzene rings is 2. The van der Waals surface area contributed by atoms with E-state index in [9.17, 15) is 17.9 Å². The largest absolute Gasteiger partial charge is 0.496 e.